The predicted octanol–water partition coefficient (Wildman–Crippen LogP) is 3.41. The maximum Gasteiger partial charge on any atom is 0.175 e. The predicted molar refractivity (Wildman–Crippen MR) is 81.2 cm³/mol. The van der Waals surface area contributed by atoms with Crippen LogP contribution in [0.15, 0.2) is 10.5 Å². The summed E-state index contributed by atoms with van der Waals surface area (Å²) in [6.07, 6.45) is 4.51. The van der Waals surface area contributed by atoms with Gasteiger partial charge in [-0.1, -0.05) is 13.3 Å². The molecular formula is C15H22BrNO2. The van der Waals surface area contributed by atoms with E-state index in [2.05, 4.69) is 28.9 Å². The van der Waals surface area contributed by atoms with Crippen LogP contribution in [0.3, 0.4) is 0 Å². The number of halogens is 1. The van der Waals surface area contributed by atoms with Gasteiger partial charge in [0.25, 0.3) is 0 Å². The SMILES string of the molecule is CCc1c(C2(CN)CCC2)cc(Br)c(OC)c1OC. The fourth-order valence-corrected chi connectivity index (χ4v) is 3.64. The Morgan fingerprint density at radius 3 is 2.26 bits per heavy atom. The van der Waals surface area contributed by atoms with Gasteiger partial charge in [0.05, 0.1) is 18.7 Å². The lowest BCUT2D eigenvalue weighted by Crippen LogP contribution is -2.42. The second kappa shape index (κ2) is 5.71. The highest BCUT2D eigenvalue weighted by Gasteiger charge is 2.40. The number of benzene rings is 1. The highest BCUT2D eigenvalue weighted by Crippen LogP contribution is 2.50. The summed E-state index contributed by atoms with van der Waals surface area (Å²) in [7, 11) is 3.37. The van der Waals surface area contributed by atoms with Gasteiger partial charge < -0.3 is 15.2 Å². The number of rotatable bonds is 5. The molecule has 1 aliphatic carbocycles. The lowest BCUT2D eigenvalue weighted by molar-refractivity contribution is 0.249. The summed E-state index contributed by atoms with van der Waals surface area (Å²) in [4.78, 5) is 0. The van der Waals surface area contributed by atoms with Crippen LogP contribution in [0.2, 0.25) is 0 Å². The van der Waals surface area contributed by atoms with Crippen molar-refractivity contribution in [3.8, 4) is 11.5 Å². The summed E-state index contributed by atoms with van der Waals surface area (Å²) in [5, 5.41) is 0. The van der Waals surface area contributed by atoms with Crippen molar-refractivity contribution in [3.63, 3.8) is 0 Å². The normalized spacial score (nSPS) is 16.9. The first-order chi connectivity index (χ1) is 9.13. The van der Waals surface area contributed by atoms with Crippen molar-refractivity contribution in [2.75, 3.05) is 20.8 Å². The molecule has 1 saturated carbocycles. The molecule has 0 spiro atoms. The minimum absolute atomic E-state index is 0.132. The highest BCUT2D eigenvalue weighted by molar-refractivity contribution is 9.10. The number of nitrogens with two attached hydrogens (primary N) is 1. The Kier molecular flexibility index (Phi) is 4.41. The van der Waals surface area contributed by atoms with E-state index in [0.29, 0.717) is 6.54 Å². The van der Waals surface area contributed by atoms with Gasteiger partial charge in [-0.25, -0.2) is 0 Å². The quantitative estimate of drug-likeness (QED) is 0.901. The van der Waals surface area contributed by atoms with Crippen LogP contribution in [0.1, 0.15) is 37.3 Å². The molecule has 0 unspecified atom stereocenters. The van der Waals surface area contributed by atoms with Gasteiger partial charge in [0.2, 0.25) is 0 Å². The second-order valence-corrected chi connectivity index (χ2v) is 6.00. The summed E-state index contributed by atoms with van der Waals surface area (Å²) in [5.74, 6) is 1.61. The number of methoxy groups -OCH3 is 2. The molecular weight excluding hydrogens is 306 g/mol. The van der Waals surface area contributed by atoms with Gasteiger partial charge in [-0.05, 0) is 46.8 Å². The van der Waals surface area contributed by atoms with Gasteiger partial charge in [0.15, 0.2) is 11.5 Å². The van der Waals surface area contributed by atoms with Crippen LogP contribution < -0.4 is 15.2 Å². The van der Waals surface area contributed by atoms with Crippen LogP contribution in [0, 0.1) is 0 Å². The van der Waals surface area contributed by atoms with E-state index >= 15 is 0 Å². The average molecular weight is 328 g/mol. The summed E-state index contributed by atoms with van der Waals surface area (Å²) >= 11 is 3.59. The molecule has 1 aromatic rings. The molecule has 0 bridgehead atoms. The molecule has 0 amide bonds. The average Bonchev–Trinajstić information content (AvgIpc) is 2.37. The van der Waals surface area contributed by atoms with Crippen LogP contribution in [-0.2, 0) is 11.8 Å². The van der Waals surface area contributed by atoms with Gasteiger partial charge in [-0.2, -0.15) is 0 Å². The molecule has 1 aliphatic rings. The van der Waals surface area contributed by atoms with Crippen LogP contribution in [0.25, 0.3) is 0 Å². The van der Waals surface area contributed by atoms with Crippen molar-refractivity contribution in [2.24, 2.45) is 5.73 Å². The smallest absolute Gasteiger partial charge is 0.175 e. The zero-order chi connectivity index (χ0) is 14.0. The maximum absolute atomic E-state index is 6.05. The standard InChI is InChI=1S/C15H22BrNO2/c1-4-10-11(15(9-17)6-5-7-15)8-12(16)14(19-3)13(10)18-2/h8H,4-7,9,17H2,1-3H3. The van der Waals surface area contributed by atoms with E-state index in [-0.39, 0.29) is 5.41 Å². The molecule has 2 N–H and O–H groups in total. The first-order valence-electron chi connectivity index (χ1n) is 6.77. The molecule has 1 fully saturated rings. The van der Waals surface area contributed by atoms with Crippen molar-refractivity contribution in [3.05, 3.63) is 21.7 Å². The molecule has 4 heteroatoms. The summed E-state index contributed by atoms with van der Waals surface area (Å²) in [6.45, 7) is 2.85. The van der Waals surface area contributed by atoms with Crippen molar-refractivity contribution in [2.45, 2.75) is 38.0 Å². The van der Waals surface area contributed by atoms with Crippen LogP contribution in [0.5, 0.6) is 11.5 Å². The minimum atomic E-state index is 0.132. The first-order valence-corrected chi connectivity index (χ1v) is 7.56. The molecule has 0 radical (unpaired) electrons. The largest absolute Gasteiger partial charge is 0.493 e. The third kappa shape index (κ3) is 2.25. The Labute approximate surface area is 123 Å². The van der Waals surface area contributed by atoms with E-state index in [1.165, 1.54) is 30.4 Å². The molecule has 2 rings (SSSR count). The molecule has 19 heavy (non-hydrogen) atoms. The summed E-state index contributed by atoms with van der Waals surface area (Å²) in [6, 6.07) is 2.17. The number of ether oxygens (including phenoxy) is 2. The fourth-order valence-electron chi connectivity index (χ4n) is 3.06. The minimum Gasteiger partial charge on any atom is -0.493 e. The van der Waals surface area contributed by atoms with E-state index in [4.69, 9.17) is 15.2 Å². The summed E-state index contributed by atoms with van der Waals surface area (Å²) < 4.78 is 12.0. The van der Waals surface area contributed by atoms with Crippen LogP contribution >= 0.6 is 15.9 Å². The maximum atomic E-state index is 6.05. The molecule has 0 heterocycles. The van der Waals surface area contributed by atoms with E-state index in [9.17, 15) is 0 Å². The van der Waals surface area contributed by atoms with Gasteiger partial charge in [-0.15, -0.1) is 0 Å². The summed E-state index contributed by atoms with van der Waals surface area (Å²) in [5.41, 5.74) is 8.74. The van der Waals surface area contributed by atoms with E-state index in [1.54, 1.807) is 14.2 Å². The Morgan fingerprint density at radius 2 is 1.89 bits per heavy atom. The Hall–Kier alpha value is -0.740. The Balaban J connectivity index is 2.64. The van der Waals surface area contributed by atoms with Gasteiger partial charge in [-0.3, -0.25) is 0 Å². The van der Waals surface area contributed by atoms with Gasteiger partial charge in [0, 0.05) is 17.5 Å². The monoisotopic (exact) mass is 327 g/mol. The molecule has 0 aromatic heterocycles. The first kappa shape index (κ1) is 14.7. The number of hydrogen-bond donors (Lipinski definition) is 1. The molecule has 0 saturated heterocycles. The number of hydrogen-bond acceptors (Lipinski definition) is 3. The molecule has 106 valence electrons. The molecule has 1 aromatic carbocycles. The lowest BCUT2D eigenvalue weighted by atomic mass is 9.63. The second-order valence-electron chi connectivity index (χ2n) is 5.14. The van der Waals surface area contributed by atoms with E-state index < -0.39 is 0 Å². The Morgan fingerprint density at radius 1 is 1.26 bits per heavy atom. The third-order valence-electron chi connectivity index (χ3n) is 4.33. The zero-order valence-corrected chi connectivity index (χ0v) is 13.5. The van der Waals surface area contributed by atoms with Crippen LogP contribution in [0.4, 0.5) is 0 Å². The molecule has 0 atom stereocenters. The highest BCUT2D eigenvalue weighted by atomic mass is 79.9. The van der Waals surface area contributed by atoms with Gasteiger partial charge >= 0.3 is 0 Å². The van der Waals surface area contributed by atoms with Crippen molar-refractivity contribution < 1.29 is 9.47 Å². The Bertz CT molecular complexity index is 464. The third-order valence-corrected chi connectivity index (χ3v) is 4.92. The van der Waals surface area contributed by atoms with E-state index in [0.717, 1.165) is 22.4 Å². The van der Waals surface area contributed by atoms with E-state index in [1.807, 2.05) is 0 Å². The van der Waals surface area contributed by atoms with Gasteiger partial charge in [0.1, 0.15) is 0 Å². The molecule has 0 aliphatic heterocycles. The van der Waals surface area contributed by atoms with Crippen molar-refractivity contribution >= 4 is 15.9 Å². The van der Waals surface area contributed by atoms with Crippen molar-refractivity contribution in [1.82, 2.24) is 0 Å². The topological polar surface area (TPSA) is 44.5 Å². The zero-order valence-electron chi connectivity index (χ0n) is 11.9. The molecule has 3 nitrogen and oxygen atoms in total. The lowest BCUT2D eigenvalue weighted by Gasteiger charge is -2.43. The van der Waals surface area contributed by atoms with Crippen molar-refractivity contribution in [1.29, 1.82) is 0 Å². The fraction of sp³-hybridized carbons (Fsp3) is 0.600. The van der Waals surface area contributed by atoms with Crippen LogP contribution in [-0.4, -0.2) is 20.8 Å².